The number of esters is 1. The molecule has 0 aliphatic carbocycles. The van der Waals surface area contributed by atoms with Gasteiger partial charge in [-0.15, -0.1) is 0 Å². The number of ether oxygens (including phenoxy) is 6. The molecular weight excluding hydrogens is 957 g/mol. The Labute approximate surface area is 452 Å². The third-order valence-electron chi connectivity index (χ3n) is 13.1. The molecule has 2 rings (SSSR count). The maximum absolute atomic E-state index is 13.0. The summed E-state index contributed by atoms with van der Waals surface area (Å²) in [7, 11) is 0. The van der Waals surface area contributed by atoms with Crippen molar-refractivity contribution in [3.8, 4) is 0 Å². The van der Waals surface area contributed by atoms with E-state index in [9.17, 15) is 40.5 Å². The molecule has 2 heterocycles. The van der Waals surface area contributed by atoms with Gasteiger partial charge in [-0.3, -0.25) is 4.79 Å². The third kappa shape index (κ3) is 33.7. The molecule has 7 N–H and O–H groups in total. The van der Waals surface area contributed by atoms with Crippen LogP contribution >= 0.6 is 0 Å². The van der Waals surface area contributed by atoms with E-state index in [1.165, 1.54) is 89.9 Å². The van der Waals surface area contributed by atoms with E-state index in [2.05, 4.69) is 92.8 Å². The van der Waals surface area contributed by atoms with Crippen LogP contribution in [0.2, 0.25) is 0 Å². The minimum atomic E-state index is -1.73. The Balaban J connectivity index is 1.72. The zero-order chi connectivity index (χ0) is 54.4. The number of carbonyl (C=O) groups excluding carboxylic acids is 1. The molecule has 0 amide bonds. The first-order valence-corrected chi connectivity index (χ1v) is 28.8. The molecule has 0 radical (unpaired) electrons. The number of allylic oxidation sites excluding steroid dienone is 15. The van der Waals surface area contributed by atoms with Crippen molar-refractivity contribution in [2.75, 3.05) is 33.0 Å². The van der Waals surface area contributed by atoms with Crippen molar-refractivity contribution >= 4 is 5.97 Å². The lowest BCUT2D eigenvalue weighted by molar-refractivity contribution is -0.332. The second-order valence-corrected chi connectivity index (χ2v) is 19.7. The maximum atomic E-state index is 13.0. The molecule has 14 nitrogen and oxygen atoms in total. The molecule has 11 unspecified atom stereocenters. The van der Waals surface area contributed by atoms with Gasteiger partial charge in [-0.1, -0.05) is 195 Å². The lowest BCUT2D eigenvalue weighted by Gasteiger charge is -2.42. The summed E-state index contributed by atoms with van der Waals surface area (Å²) in [5.74, 6) is -0.506. The van der Waals surface area contributed by atoms with Crippen LogP contribution in [0.5, 0.6) is 0 Å². The van der Waals surface area contributed by atoms with E-state index >= 15 is 0 Å². The fourth-order valence-corrected chi connectivity index (χ4v) is 8.48. The molecule has 2 saturated heterocycles. The Morgan fingerprint density at radius 2 is 0.867 bits per heavy atom. The zero-order valence-corrected chi connectivity index (χ0v) is 46.0. The van der Waals surface area contributed by atoms with Crippen LogP contribution in [0.15, 0.2) is 97.2 Å². The molecule has 0 aromatic carbocycles. The van der Waals surface area contributed by atoms with Crippen LogP contribution < -0.4 is 0 Å². The predicted molar refractivity (Wildman–Crippen MR) is 298 cm³/mol. The van der Waals surface area contributed by atoms with E-state index in [0.717, 1.165) is 64.2 Å². The molecule has 2 aliphatic heterocycles. The minimum Gasteiger partial charge on any atom is -0.457 e. The highest BCUT2D eigenvalue weighted by Crippen LogP contribution is 2.26. The van der Waals surface area contributed by atoms with Gasteiger partial charge in [0.25, 0.3) is 0 Å². The maximum Gasteiger partial charge on any atom is 0.310 e. The van der Waals surface area contributed by atoms with E-state index in [4.69, 9.17) is 28.4 Å². The minimum absolute atomic E-state index is 0.0140. The number of rotatable bonds is 45. The molecule has 0 aromatic heterocycles. The van der Waals surface area contributed by atoms with Crippen molar-refractivity contribution in [2.45, 2.75) is 248 Å². The molecule has 0 spiro atoms. The molecule has 0 saturated carbocycles. The lowest BCUT2D eigenvalue weighted by Crippen LogP contribution is -2.61. The molecule has 0 aromatic rings. The van der Waals surface area contributed by atoms with E-state index in [-0.39, 0.29) is 19.6 Å². The first-order chi connectivity index (χ1) is 36.6. The van der Waals surface area contributed by atoms with Crippen LogP contribution in [-0.4, -0.2) is 142 Å². The van der Waals surface area contributed by atoms with Gasteiger partial charge in [0.05, 0.1) is 32.8 Å². The highest BCUT2D eigenvalue weighted by Gasteiger charge is 2.47. The normalized spacial score (nSPS) is 25.3. The fraction of sp³-hybridized carbons (Fsp3) is 0.721. The van der Waals surface area contributed by atoms with Gasteiger partial charge >= 0.3 is 5.97 Å². The highest BCUT2D eigenvalue weighted by atomic mass is 16.7. The summed E-state index contributed by atoms with van der Waals surface area (Å²) in [5, 5.41) is 72.3. The van der Waals surface area contributed by atoms with E-state index in [1.807, 2.05) is 12.2 Å². The van der Waals surface area contributed by atoms with Gasteiger partial charge in [0.1, 0.15) is 54.9 Å². The van der Waals surface area contributed by atoms with Crippen LogP contribution in [0.1, 0.15) is 181 Å². The monoisotopic (exact) mass is 1060 g/mol. The molecule has 430 valence electrons. The van der Waals surface area contributed by atoms with Crippen molar-refractivity contribution in [1.29, 1.82) is 0 Å². The standard InChI is InChI=1S/C61H102O14/c1-3-5-7-9-11-13-15-17-19-20-21-22-23-24-25-26-27-28-29-31-33-35-37-39-41-43-45-70-47-50(73-53(63)44-42-40-38-36-34-32-30-18-16-14-12-10-8-6-4-2)48-71-60-59(69)57(67)55(65)52(75-60)49-72-61-58(68)56(66)54(64)51(46-62)74-61/h6,8,12,14-15,17-18,20-21,23-24,30,34,36,40,42,50-52,54-62,64-69H,3-5,7,9-11,13,16,19,22,25-29,31-33,35,37-39,41,43-49H2,1-2H3/b8-6-,14-12-,17-15-,21-20-,24-23-,30-18-,36-34-,42-40-. The van der Waals surface area contributed by atoms with Crippen molar-refractivity contribution < 1.29 is 69.0 Å². The van der Waals surface area contributed by atoms with Crippen molar-refractivity contribution in [2.24, 2.45) is 0 Å². The van der Waals surface area contributed by atoms with Crippen LogP contribution in [-0.2, 0) is 33.2 Å². The largest absolute Gasteiger partial charge is 0.457 e. The van der Waals surface area contributed by atoms with Gasteiger partial charge < -0.3 is 64.2 Å². The summed E-state index contributed by atoms with van der Waals surface area (Å²) in [6, 6.07) is 0. The molecule has 0 bridgehead atoms. The Morgan fingerprint density at radius 1 is 0.453 bits per heavy atom. The Kier molecular flexibility index (Phi) is 42.6. The van der Waals surface area contributed by atoms with Crippen LogP contribution in [0.3, 0.4) is 0 Å². The lowest BCUT2D eigenvalue weighted by atomic mass is 9.98. The predicted octanol–water partition coefficient (Wildman–Crippen LogP) is 10.2. The Morgan fingerprint density at radius 3 is 1.36 bits per heavy atom. The summed E-state index contributed by atoms with van der Waals surface area (Å²) in [6.45, 7) is 3.41. The first kappa shape index (κ1) is 68.0. The third-order valence-corrected chi connectivity index (χ3v) is 13.1. The van der Waals surface area contributed by atoms with Gasteiger partial charge in [-0.05, 0) is 77.0 Å². The first-order valence-electron chi connectivity index (χ1n) is 28.8. The number of hydrogen-bond donors (Lipinski definition) is 7. The van der Waals surface area contributed by atoms with Gasteiger partial charge in [-0.25, -0.2) is 0 Å². The van der Waals surface area contributed by atoms with E-state index in [0.29, 0.717) is 13.0 Å². The number of aliphatic hydroxyl groups excluding tert-OH is 7. The van der Waals surface area contributed by atoms with E-state index in [1.54, 1.807) is 6.08 Å². The number of hydrogen-bond acceptors (Lipinski definition) is 14. The summed E-state index contributed by atoms with van der Waals surface area (Å²) in [6.07, 6.45) is 46.5. The van der Waals surface area contributed by atoms with Crippen LogP contribution in [0, 0.1) is 0 Å². The number of carbonyl (C=O) groups is 1. The SMILES string of the molecule is CC/C=C\C/C=C\C/C=C\C/C=C\C/C=C\CC(=O)OC(COCCCCCCCCCCCCC/C=C\C/C=C\C/C=C\CCCCCCC)COC1OC(COC2OC(CO)C(O)C(O)C2O)C(O)C(O)C1O. The molecule has 2 aliphatic rings. The molecular formula is C61H102O14. The van der Waals surface area contributed by atoms with Crippen molar-refractivity contribution in [3.05, 3.63) is 97.2 Å². The smallest absolute Gasteiger partial charge is 0.310 e. The van der Waals surface area contributed by atoms with Crippen molar-refractivity contribution in [1.82, 2.24) is 0 Å². The Bertz CT molecular complexity index is 1610. The summed E-state index contributed by atoms with van der Waals surface area (Å²) < 4.78 is 34.2. The summed E-state index contributed by atoms with van der Waals surface area (Å²) in [4.78, 5) is 13.0. The van der Waals surface area contributed by atoms with Crippen LogP contribution in [0.4, 0.5) is 0 Å². The number of unbranched alkanes of at least 4 members (excludes halogenated alkanes) is 16. The van der Waals surface area contributed by atoms with Gasteiger partial charge in [0.2, 0.25) is 0 Å². The van der Waals surface area contributed by atoms with Gasteiger partial charge in [0, 0.05) is 6.61 Å². The van der Waals surface area contributed by atoms with E-state index < -0.39 is 86.7 Å². The average Bonchev–Trinajstić information content (AvgIpc) is 3.41. The second-order valence-electron chi connectivity index (χ2n) is 19.7. The Hall–Kier alpha value is -3.09. The second kappa shape index (κ2) is 47.0. The molecule has 14 heteroatoms. The van der Waals surface area contributed by atoms with Crippen LogP contribution in [0.25, 0.3) is 0 Å². The van der Waals surface area contributed by atoms with Crippen molar-refractivity contribution in [3.63, 3.8) is 0 Å². The topological polar surface area (TPSA) is 214 Å². The quantitative estimate of drug-likeness (QED) is 0.0172. The highest BCUT2D eigenvalue weighted by molar-refractivity contribution is 5.71. The fourth-order valence-electron chi connectivity index (χ4n) is 8.48. The number of aliphatic hydroxyl groups is 7. The molecule has 2 fully saturated rings. The molecule has 11 atom stereocenters. The average molecular weight is 1060 g/mol. The zero-order valence-electron chi connectivity index (χ0n) is 46.0. The summed E-state index contributed by atoms with van der Waals surface area (Å²) in [5.41, 5.74) is 0. The summed E-state index contributed by atoms with van der Waals surface area (Å²) >= 11 is 0. The molecule has 75 heavy (non-hydrogen) atoms. The van der Waals surface area contributed by atoms with Gasteiger partial charge in [-0.2, -0.15) is 0 Å². The van der Waals surface area contributed by atoms with Gasteiger partial charge in [0.15, 0.2) is 12.6 Å².